The lowest BCUT2D eigenvalue weighted by molar-refractivity contribution is -0.143. The monoisotopic (exact) mass is 770 g/mol. The fraction of sp³-hybridized carbons (Fsp3) is 0.429. The second-order valence-electron chi connectivity index (χ2n) is 15.2. The number of aliphatic carboxylic acids is 1. The third kappa shape index (κ3) is 6.77. The number of rotatable bonds is 13. The maximum absolute atomic E-state index is 11.9. The molecule has 1 amide bonds. The lowest BCUT2D eigenvalue weighted by Crippen LogP contribution is -2.28. The number of amides is 1. The number of halogens is 2. The van der Waals surface area contributed by atoms with E-state index in [1.54, 1.807) is 14.2 Å². The molecule has 2 aromatic heterocycles. The Morgan fingerprint density at radius 1 is 1.00 bits per heavy atom. The number of aromatic nitrogens is 2. The van der Waals surface area contributed by atoms with Gasteiger partial charge in [-0.3, -0.25) is 14.5 Å². The molecule has 8 rings (SSSR count). The van der Waals surface area contributed by atoms with Crippen LogP contribution in [0.2, 0.25) is 10.0 Å². The highest BCUT2D eigenvalue weighted by atomic mass is 35.5. The van der Waals surface area contributed by atoms with E-state index in [1.807, 2.05) is 43.3 Å². The molecule has 2 aliphatic heterocycles. The Balaban J connectivity index is 1.01. The summed E-state index contributed by atoms with van der Waals surface area (Å²) < 4.78 is 18.0. The molecule has 2 aliphatic carbocycles. The van der Waals surface area contributed by atoms with Gasteiger partial charge in [-0.15, -0.1) is 0 Å². The predicted octanol–water partition coefficient (Wildman–Crippen LogP) is 8.02. The minimum absolute atomic E-state index is 0.126. The van der Waals surface area contributed by atoms with Crippen molar-refractivity contribution in [2.45, 2.75) is 77.0 Å². The van der Waals surface area contributed by atoms with Gasteiger partial charge in [0.15, 0.2) is 0 Å². The molecular weight excluding hydrogens is 727 g/mol. The number of benzene rings is 2. The Bertz CT molecular complexity index is 2140. The van der Waals surface area contributed by atoms with E-state index in [0.29, 0.717) is 52.9 Å². The first kappa shape index (κ1) is 36.6. The Labute approximate surface area is 325 Å². The van der Waals surface area contributed by atoms with E-state index in [4.69, 9.17) is 42.4 Å². The van der Waals surface area contributed by atoms with E-state index in [9.17, 15) is 14.7 Å². The van der Waals surface area contributed by atoms with Crippen molar-refractivity contribution in [3.05, 3.63) is 86.4 Å². The number of hydrogen-bond donors (Lipinski definition) is 2. The number of nitrogens with zero attached hydrogens (tertiary/aromatic N) is 3. The zero-order valence-electron chi connectivity index (χ0n) is 30.7. The van der Waals surface area contributed by atoms with Gasteiger partial charge in [-0.2, -0.15) is 4.98 Å². The molecular formula is C42H44Cl2N4O6. The van der Waals surface area contributed by atoms with Crippen LogP contribution < -0.4 is 19.5 Å². The van der Waals surface area contributed by atoms with Gasteiger partial charge >= 0.3 is 5.97 Å². The quantitative estimate of drug-likeness (QED) is 0.139. The van der Waals surface area contributed by atoms with Gasteiger partial charge in [0.2, 0.25) is 23.5 Å². The maximum Gasteiger partial charge on any atom is 0.311 e. The fourth-order valence-corrected chi connectivity index (χ4v) is 9.40. The highest BCUT2D eigenvalue weighted by molar-refractivity contribution is 6.36. The van der Waals surface area contributed by atoms with Crippen molar-refractivity contribution < 1.29 is 28.9 Å². The number of ether oxygens (including phenoxy) is 3. The average Bonchev–Trinajstić information content (AvgIpc) is 3.43. The smallest absolute Gasteiger partial charge is 0.311 e. The summed E-state index contributed by atoms with van der Waals surface area (Å²) in [5.74, 6) is 1.00. The van der Waals surface area contributed by atoms with Crippen molar-refractivity contribution in [2.75, 3.05) is 27.3 Å². The number of carbonyl (C=O) groups excluding carboxylic acids is 1. The number of carbonyl (C=O) groups is 2. The van der Waals surface area contributed by atoms with Gasteiger partial charge in [0.05, 0.1) is 30.4 Å². The van der Waals surface area contributed by atoms with Gasteiger partial charge in [0.25, 0.3) is 0 Å². The van der Waals surface area contributed by atoms with Crippen molar-refractivity contribution in [3.63, 3.8) is 0 Å². The molecule has 54 heavy (non-hydrogen) atoms. The minimum Gasteiger partial charge on any atom is -0.481 e. The Morgan fingerprint density at radius 3 is 2.52 bits per heavy atom. The predicted molar refractivity (Wildman–Crippen MR) is 206 cm³/mol. The second-order valence-corrected chi connectivity index (χ2v) is 16.0. The number of aryl methyl sites for hydroxylation is 2. The Morgan fingerprint density at radius 2 is 1.78 bits per heavy atom. The summed E-state index contributed by atoms with van der Waals surface area (Å²) in [5, 5.41) is 13.8. The lowest BCUT2D eigenvalue weighted by Gasteiger charge is -2.22. The Kier molecular flexibility index (Phi) is 9.96. The first-order valence-electron chi connectivity index (χ1n) is 18.7. The van der Waals surface area contributed by atoms with Crippen molar-refractivity contribution >= 4 is 35.1 Å². The zero-order chi connectivity index (χ0) is 37.7. The topological polar surface area (TPSA) is 123 Å². The third-order valence-electron chi connectivity index (χ3n) is 11.8. The summed E-state index contributed by atoms with van der Waals surface area (Å²) in [5.41, 5.74) is 7.98. The molecule has 0 radical (unpaired) electrons. The average molecular weight is 772 g/mol. The van der Waals surface area contributed by atoms with E-state index < -0.39 is 11.4 Å². The summed E-state index contributed by atoms with van der Waals surface area (Å²) in [6.45, 7) is 3.94. The van der Waals surface area contributed by atoms with Crippen molar-refractivity contribution in [2.24, 2.45) is 11.3 Å². The van der Waals surface area contributed by atoms with E-state index in [0.717, 1.165) is 90.4 Å². The van der Waals surface area contributed by atoms with Crippen LogP contribution >= 0.6 is 23.2 Å². The zero-order valence-corrected chi connectivity index (χ0v) is 32.2. The normalized spacial score (nSPS) is 22.8. The van der Waals surface area contributed by atoms with Crippen LogP contribution in [0.5, 0.6) is 17.6 Å². The van der Waals surface area contributed by atoms with Gasteiger partial charge in [0.1, 0.15) is 11.1 Å². The largest absolute Gasteiger partial charge is 0.481 e. The van der Waals surface area contributed by atoms with Crippen LogP contribution in [0.4, 0.5) is 0 Å². The van der Waals surface area contributed by atoms with Gasteiger partial charge in [0, 0.05) is 54.4 Å². The number of fused-ring (bicyclic) bond motifs is 2. The number of hydrogen-bond acceptors (Lipinski definition) is 8. The van der Waals surface area contributed by atoms with Crippen LogP contribution in [-0.2, 0) is 29.0 Å². The molecule has 2 N–H and O–H groups in total. The van der Waals surface area contributed by atoms with Gasteiger partial charge in [-0.25, -0.2) is 4.98 Å². The van der Waals surface area contributed by atoms with E-state index in [1.165, 1.54) is 5.56 Å². The van der Waals surface area contributed by atoms with Gasteiger partial charge in [-0.1, -0.05) is 59.6 Å². The number of carboxylic acids is 1. The summed E-state index contributed by atoms with van der Waals surface area (Å²) in [6, 6.07) is 16.4. The van der Waals surface area contributed by atoms with Crippen molar-refractivity contribution in [1.82, 2.24) is 20.2 Å². The minimum atomic E-state index is -0.693. The second kappa shape index (κ2) is 14.7. The molecule has 2 saturated heterocycles. The molecule has 0 unspecified atom stereocenters. The molecule has 0 spiro atoms. The molecule has 2 aromatic carbocycles. The molecule has 282 valence electrons. The van der Waals surface area contributed by atoms with E-state index >= 15 is 0 Å². The van der Waals surface area contributed by atoms with Crippen LogP contribution in [0.1, 0.15) is 72.4 Å². The number of pyridine rings is 2. The number of piperidine rings is 1. The molecule has 3 fully saturated rings. The van der Waals surface area contributed by atoms with Crippen LogP contribution in [-0.4, -0.2) is 65.2 Å². The molecule has 0 bridgehead atoms. The summed E-state index contributed by atoms with van der Waals surface area (Å²) in [6.07, 6.45) is 6.05. The highest BCUT2D eigenvalue weighted by Crippen LogP contribution is 2.58. The summed E-state index contributed by atoms with van der Waals surface area (Å²) in [7, 11) is 3.22. The van der Waals surface area contributed by atoms with Gasteiger partial charge in [-0.05, 0) is 92.2 Å². The van der Waals surface area contributed by atoms with E-state index in [-0.39, 0.29) is 24.0 Å². The number of methoxy groups -OCH3 is 2. The molecule has 1 saturated carbocycles. The van der Waals surface area contributed by atoms with Gasteiger partial charge < -0.3 is 24.6 Å². The molecule has 4 aliphatic rings. The van der Waals surface area contributed by atoms with Crippen LogP contribution in [0.25, 0.3) is 22.4 Å². The molecule has 12 heteroatoms. The van der Waals surface area contributed by atoms with Crippen LogP contribution in [0.15, 0.2) is 48.5 Å². The Hall–Kier alpha value is -4.38. The first-order chi connectivity index (χ1) is 26.1. The summed E-state index contributed by atoms with van der Waals surface area (Å²) >= 11 is 14.0. The maximum atomic E-state index is 11.9. The number of likely N-dealkylation sites (tertiary alicyclic amines) is 1. The van der Waals surface area contributed by atoms with Crippen molar-refractivity contribution in [3.8, 4) is 40.0 Å². The first-order valence-corrected chi connectivity index (χ1v) is 19.4. The van der Waals surface area contributed by atoms with Crippen LogP contribution in [0, 0.1) is 18.3 Å². The molecule has 10 nitrogen and oxygen atoms in total. The fourth-order valence-electron chi connectivity index (χ4n) is 8.86. The van der Waals surface area contributed by atoms with E-state index in [2.05, 4.69) is 27.3 Å². The highest BCUT2D eigenvalue weighted by Gasteiger charge is 2.65. The SMILES string of the molecule is COc1nc(O[C@H]2CCc3c(-c4cccc(-c5cc(C)c(CN6C[C@@H]7C[C@]7(C(=O)O)C6)c(OC)n5)c4Cl)cccc32)c(Cl)cc1CCC[C@@H]1CCC(=O)N1. The number of carboxylic acid groups (broad SMARTS) is 1. The third-order valence-corrected chi connectivity index (χ3v) is 12.5. The molecule has 4 atom stereocenters. The molecule has 4 aromatic rings. The number of nitrogens with one attached hydrogen (secondary N) is 1. The summed E-state index contributed by atoms with van der Waals surface area (Å²) in [4.78, 5) is 35.3. The lowest BCUT2D eigenvalue weighted by atomic mass is 9.94. The van der Waals surface area contributed by atoms with Crippen LogP contribution in [0.3, 0.4) is 0 Å². The molecule has 4 heterocycles. The standard InChI is InChI=1S/C42H44Cl2N4O6/c1-23-17-34(46-39(53-3)32(23)21-48-20-25-19-42(25,22-48)41(50)51)31-12-6-11-30(37(31)44)27-9-5-10-29-28(27)14-15-35(29)54-40-33(43)18-24(38(47-40)52-2)7-4-8-26-13-16-36(49)45-26/h5-6,9-12,17-18,25-26,35H,4,7-8,13-16,19-22H2,1-3H3,(H,45,49)(H,50,51)/t25-,26+,35-,42-/m0/s1. The van der Waals surface area contributed by atoms with Crippen molar-refractivity contribution in [1.29, 1.82) is 0 Å².